The van der Waals surface area contributed by atoms with Crippen molar-refractivity contribution in [3.05, 3.63) is 35.9 Å². The molecule has 0 radical (unpaired) electrons. The van der Waals surface area contributed by atoms with E-state index >= 15 is 0 Å². The maximum atomic E-state index is 2.79. The van der Waals surface area contributed by atoms with Crippen molar-refractivity contribution in [2.45, 2.75) is 38.1 Å². The van der Waals surface area contributed by atoms with Crippen LogP contribution in [0.1, 0.15) is 38.2 Å². The Morgan fingerprint density at radius 2 is 1.52 bits per heavy atom. The molecule has 1 aromatic carbocycles. The van der Waals surface area contributed by atoms with Crippen molar-refractivity contribution in [1.82, 2.24) is 9.80 Å². The predicted octanol–water partition coefficient (Wildman–Crippen LogP) is 3.76. The molecule has 1 aromatic rings. The first kappa shape index (κ1) is 16.8. The number of hydrogen-bond acceptors (Lipinski definition) is 2. The van der Waals surface area contributed by atoms with Gasteiger partial charge in [-0.25, -0.2) is 0 Å². The summed E-state index contributed by atoms with van der Waals surface area (Å²) in [4.78, 5) is 5.24. The fourth-order valence-electron chi connectivity index (χ4n) is 4.01. The van der Waals surface area contributed by atoms with Crippen molar-refractivity contribution in [2.75, 3.05) is 33.2 Å². The Balaban J connectivity index is 0.00000161. The Morgan fingerprint density at radius 3 is 2.10 bits per heavy atom. The van der Waals surface area contributed by atoms with Crippen LogP contribution < -0.4 is 0 Å². The van der Waals surface area contributed by atoms with Crippen LogP contribution in [0.4, 0.5) is 0 Å². The highest BCUT2D eigenvalue weighted by Crippen LogP contribution is 2.44. The van der Waals surface area contributed by atoms with Gasteiger partial charge < -0.3 is 4.90 Å². The minimum Gasteiger partial charge on any atom is -0.304 e. The van der Waals surface area contributed by atoms with Crippen LogP contribution in [0, 0.1) is 5.92 Å². The average Bonchev–Trinajstić information content (AvgIpc) is 2.50. The summed E-state index contributed by atoms with van der Waals surface area (Å²) in [6.07, 6.45) is 5.42. The van der Waals surface area contributed by atoms with Gasteiger partial charge in [0.15, 0.2) is 0 Å². The monoisotopic (exact) mass is 308 g/mol. The first-order valence-corrected chi connectivity index (χ1v) is 8.20. The van der Waals surface area contributed by atoms with Crippen molar-refractivity contribution in [3.63, 3.8) is 0 Å². The molecule has 2 nitrogen and oxygen atoms in total. The molecule has 0 bridgehead atoms. The van der Waals surface area contributed by atoms with Crippen LogP contribution in [0.3, 0.4) is 0 Å². The Labute approximate surface area is 135 Å². The number of halogens is 1. The summed E-state index contributed by atoms with van der Waals surface area (Å²) in [5.74, 6) is 0.902. The fourth-order valence-corrected chi connectivity index (χ4v) is 4.01. The fraction of sp³-hybridized carbons (Fsp3) is 0.667. The molecule has 1 heterocycles. The van der Waals surface area contributed by atoms with E-state index in [1.165, 1.54) is 51.9 Å². The lowest BCUT2D eigenvalue weighted by atomic mass is 9.72. The van der Waals surface area contributed by atoms with E-state index in [1.807, 2.05) is 0 Å². The summed E-state index contributed by atoms with van der Waals surface area (Å²) in [6, 6.07) is 11.3. The zero-order valence-electron chi connectivity index (χ0n) is 13.4. The standard InChI is InChI=1S/C18H28N2.ClH/c1-16-8-10-18(11-9-16,17-6-4-3-5-7-17)20-14-12-19(2)13-15-20;/h3-7,16H,8-15H2,1-2H3;1H. The lowest BCUT2D eigenvalue weighted by Crippen LogP contribution is -2.55. The van der Waals surface area contributed by atoms with Gasteiger partial charge in [0.2, 0.25) is 0 Å². The minimum absolute atomic E-state index is 0. The van der Waals surface area contributed by atoms with Gasteiger partial charge in [0.1, 0.15) is 0 Å². The van der Waals surface area contributed by atoms with E-state index in [0.717, 1.165) is 5.92 Å². The van der Waals surface area contributed by atoms with Gasteiger partial charge in [0.25, 0.3) is 0 Å². The van der Waals surface area contributed by atoms with Gasteiger partial charge in [-0.15, -0.1) is 12.4 Å². The van der Waals surface area contributed by atoms with Gasteiger partial charge in [-0.2, -0.15) is 0 Å². The topological polar surface area (TPSA) is 6.48 Å². The highest BCUT2D eigenvalue weighted by Gasteiger charge is 2.41. The molecular weight excluding hydrogens is 280 g/mol. The molecule has 0 atom stereocenters. The zero-order chi connectivity index (χ0) is 14.0. The molecule has 1 saturated heterocycles. The molecular formula is C18H29ClN2. The summed E-state index contributed by atoms with van der Waals surface area (Å²) < 4.78 is 0. The van der Waals surface area contributed by atoms with Gasteiger partial charge in [0.05, 0.1) is 0 Å². The molecule has 3 rings (SSSR count). The highest BCUT2D eigenvalue weighted by atomic mass is 35.5. The van der Waals surface area contributed by atoms with Crippen LogP contribution in [0.15, 0.2) is 30.3 Å². The summed E-state index contributed by atoms with van der Waals surface area (Å²) >= 11 is 0. The normalized spacial score (nSPS) is 31.6. The Hall–Kier alpha value is -0.570. The van der Waals surface area contributed by atoms with Crippen LogP contribution in [-0.4, -0.2) is 43.0 Å². The Bertz CT molecular complexity index is 418. The lowest BCUT2D eigenvalue weighted by molar-refractivity contribution is 0.00163. The third-order valence-electron chi connectivity index (χ3n) is 5.52. The third kappa shape index (κ3) is 3.44. The minimum atomic E-state index is 0. The molecule has 118 valence electrons. The van der Waals surface area contributed by atoms with Crippen molar-refractivity contribution >= 4 is 12.4 Å². The summed E-state index contributed by atoms with van der Waals surface area (Å²) in [5.41, 5.74) is 1.87. The Morgan fingerprint density at radius 1 is 0.952 bits per heavy atom. The van der Waals surface area contributed by atoms with Crippen LogP contribution >= 0.6 is 12.4 Å². The highest BCUT2D eigenvalue weighted by molar-refractivity contribution is 5.85. The van der Waals surface area contributed by atoms with E-state index in [2.05, 4.69) is 54.1 Å². The smallest absolute Gasteiger partial charge is 0.0461 e. The number of rotatable bonds is 2. The first-order valence-electron chi connectivity index (χ1n) is 8.20. The second-order valence-corrected chi connectivity index (χ2v) is 6.87. The van der Waals surface area contributed by atoms with Gasteiger partial charge in [-0.05, 0) is 44.2 Å². The van der Waals surface area contributed by atoms with Crippen molar-refractivity contribution in [2.24, 2.45) is 5.92 Å². The molecule has 3 heteroatoms. The number of hydrogen-bond donors (Lipinski definition) is 0. The average molecular weight is 309 g/mol. The maximum Gasteiger partial charge on any atom is 0.0461 e. The van der Waals surface area contributed by atoms with E-state index in [9.17, 15) is 0 Å². The molecule has 0 aromatic heterocycles. The van der Waals surface area contributed by atoms with E-state index < -0.39 is 0 Å². The van der Waals surface area contributed by atoms with E-state index in [0.29, 0.717) is 5.54 Å². The van der Waals surface area contributed by atoms with E-state index in [-0.39, 0.29) is 12.4 Å². The van der Waals surface area contributed by atoms with Crippen LogP contribution in [0.5, 0.6) is 0 Å². The van der Waals surface area contributed by atoms with Crippen molar-refractivity contribution in [3.8, 4) is 0 Å². The van der Waals surface area contributed by atoms with Gasteiger partial charge >= 0.3 is 0 Å². The number of piperazine rings is 1. The second-order valence-electron chi connectivity index (χ2n) is 6.87. The van der Waals surface area contributed by atoms with E-state index in [1.54, 1.807) is 5.56 Å². The third-order valence-corrected chi connectivity index (χ3v) is 5.52. The van der Waals surface area contributed by atoms with Crippen molar-refractivity contribution in [1.29, 1.82) is 0 Å². The second kappa shape index (κ2) is 7.13. The Kier molecular flexibility index (Phi) is 5.70. The largest absolute Gasteiger partial charge is 0.304 e. The quantitative estimate of drug-likeness (QED) is 0.821. The van der Waals surface area contributed by atoms with Crippen molar-refractivity contribution < 1.29 is 0 Å². The zero-order valence-corrected chi connectivity index (χ0v) is 14.2. The maximum absolute atomic E-state index is 2.79. The van der Waals surface area contributed by atoms with Gasteiger partial charge in [-0.1, -0.05) is 37.3 Å². The molecule has 0 spiro atoms. The molecule has 1 aliphatic heterocycles. The van der Waals surface area contributed by atoms with Gasteiger partial charge in [0, 0.05) is 31.7 Å². The van der Waals surface area contributed by atoms with Crippen LogP contribution in [-0.2, 0) is 5.54 Å². The lowest BCUT2D eigenvalue weighted by Gasteiger charge is -2.51. The van der Waals surface area contributed by atoms with Crippen LogP contribution in [0.25, 0.3) is 0 Å². The molecule has 1 aliphatic carbocycles. The van der Waals surface area contributed by atoms with E-state index in [4.69, 9.17) is 0 Å². The summed E-state index contributed by atoms with van der Waals surface area (Å²) in [6.45, 7) is 7.28. The molecule has 0 unspecified atom stereocenters. The molecule has 2 aliphatic rings. The summed E-state index contributed by atoms with van der Waals surface area (Å²) in [5, 5.41) is 0. The first-order chi connectivity index (χ1) is 9.71. The van der Waals surface area contributed by atoms with Gasteiger partial charge in [-0.3, -0.25) is 4.90 Å². The number of likely N-dealkylation sites (N-methyl/N-ethyl adjacent to an activating group) is 1. The summed E-state index contributed by atoms with van der Waals surface area (Å²) in [7, 11) is 2.25. The molecule has 0 N–H and O–H groups in total. The molecule has 1 saturated carbocycles. The van der Waals surface area contributed by atoms with Crippen LogP contribution in [0.2, 0.25) is 0 Å². The molecule has 0 amide bonds. The molecule has 2 fully saturated rings. The SMILES string of the molecule is CC1CCC(c2ccccc2)(N2CCN(C)CC2)CC1.Cl. The predicted molar refractivity (Wildman–Crippen MR) is 92.1 cm³/mol. The number of benzene rings is 1. The molecule has 21 heavy (non-hydrogen) atoms. The number of nitrogens with zero attached hydrogens (tertiary/aromatic N) is 2.